The van der Waals surface area contributed by atoms with Crippen LogP contribution >= 0.6 is 0 Å². The molecule has 12 heteroatoms. The standard InChI is InChI=1S/C53H66N8O4/c1-4-16-46(62)60-31-27-42(28-32-60)50(44-25-14-23-40(35-44)37-17-8-5-9-18-37)48(64)58(2)52(54,56-50)53(55)57-51(49(65)59(53)3,45-26-15-24-41(36-45)38-19-10-6-11-20-38)43-29-33-61(34-30-43)47(63)39-21-12-7-13-22-39/h5,7-9,12-15,17-18,21-26,35-36,38,42-43,56-57H,4,6,10-11,16,19-20,27-34,54-55H2,1-3H3. The number of likely N-dealkylation sites (N-methyl/N-ethyl adjacent to an activating group) is 2. The third kappa shape index (κ3) is 7.46. The van der Waals surface area contributed by atoms with Crippen LogP contribution in [0.15, 0.2) is 109 Å². The predicted molar refractivity (Wildman–Crippen MR) is 252 cm³/mol. The molecule has 1 saturated carbocycles. The second-order valence-electron chi connectivity index (χ2n) is 19.4. The van der Waals surface area contributed by atoms with E-state index in [2.05, 4.69) is 47.0 Å². The fourth-order valence-corrected chi connectivity index (χ4v) is 12.1. The molecule has 4 heterocycles. The molecule has 342 valence electrons. The number of nitrogens with two attached hydrogens (primary N) is 2. The van der Waals surface area contributed by atoms with Gasteiger partial charge in [0.15, 0.2) is 11.6 Å². The van der Waals surface area contributed by atoms with E-state index in [0.717, 1.165) is 41.5 Å². The molecular weight excluding hydrogens is 813 g/mol. The van der Waals surface area contributed by atoms with Crippen molar-refractivity contribution in [1.29, 1.82) is 0 Å². The average molecular weight is 879 g/mol. The summed E-state index contributed by atoms with van der Waals surface area (Å²) >= 11 is 0. The van der Waals surface area contributed by atoms with E-state index in [9.17, 15) is 9.59 Å². The first-order chi connectivity index (χ1) is 31.4. The second kappa shape index (κ2) is 17.8. The number of benzene rings is 4. The summed E-state index contributed by atoms with van der Waals surface area (Å²) < 4.78 is 0. The number of carbonyl (C=O) groups excluding carboxylic acids is 4. The number of likely N-dealkylation sites (tertiary alicyclic amines) is 2. The van der Waals surface area contributed by atoms with Gasteiger partial charge in [-0.05, 0) is 109 Å². The van der Waals surface area contributed by atoms with Crippen molar-refractivity contribution < 1.29 is 19.2 Å². The number of nitrogens with one attached hydrogen (secondary N) is 2. The maximum atomic E-state index is 15.7. The topological polar surface area (TPSA) is 157 Å². The van der Waals surface area contributed by atoms with Crippen LogP contribution in [-0.2, 0) is 25.5 Å². The van der Waals surface area contributed by atoms with Crippen molar-refractivity contribution in [3.63, 3.8) is 0 Å². The zero-order chi connectivity index (χ0) is 45.6. The van der Waals surface area contributed by atoms with E-state index in [4.69, 9.17) is 11.5 Å². The van der Waals surface area contributed by atoms with Crippen molar-refractivity contribution in [1.82, 2.24) is 30.2 Å². The summed E-state index contributed by atoms with van der Waals surface area (Å²) in [5.74, 6) is -4.20. The van der Waals surface area contributed by atoms with Gasteiger partial charge in [0, 0.05) is 52.3 Å². The largest absolute Gasteiger partial charge is 0.343 e. The average Bonchev–Trinajstić information content (AvgIpc) is 3.72. The molecule has 4 aromatic rings. The molecule has 65 heavy (non-hydrogen) atoms. The smallest absolute Gasteiger partial charge is 0.253 e. The first kappa shape index (κ1) is 44.8. The van der Waals surface area contributed by atoms with Crippen LogP contribution in [-0.4, -0.2) is 95.1 Å². The Bertz CT molecular complexity index is 2390. The molecule has 4 aromatic carbocycles. The fraction of sp³-hybridized carbons (Fsp3) is 0.472. The summed E-state index contributed by atoms with van der Waals surface area (Å²) in [6.45, 7) is 3.95. The maximum absolute atomic E-state index is 15.7. The minimum Gasteiger partial charge on any atom is -0.343 e. The summed E-state index contributed by atoms with van der Waals surface area (Å²) in [6.07, 6.45) is 9.23. The minimum atomic E-state index is -1.83. The molecule has 4 atom stereocenters. The first-order valence-electron chi connectivity index (χ1n) is 24.0. The second-order valence-corrected chi connectivity index (χ2v) is 19.4. The summed E-state index contributed by atoms with van der Waals surface area (Å²) in [6, 6.07) is 36.0. The molecule has 4 aliphatic heterocycles. The molecular formula is C53H66N8O4. The lowest BCUT2D eigenvalue weighted by Crippen LogP contribution is -2.85. The van der Waals surface area contributed by atoms with Crippen LogP contribution in [0.1, 0.15) is 111 Å². The van der Waals surface area contributed by atoms with E-state index in [0.29, 0.717) is 69.8 Å². The van der Waals surface area contributed by atoms with Gasteiger partial charge in [0.05, 0.1) is 0 Å². The van der Waals surface area contributed by atoms with Crippen molar-refractivity contribution in [3.05, 3.63) is 131 Å². The highest BCUT2D eigenvalue weighted by Crippen LogP contribution is 2.51. The number of hydrogen-bond donors (Lipinski definition) is 4. The van der Waals surface area contributed by atoms with Crippen molar-refractivity contribution in [2.75, 3.05) is 40.3 Å². The lowest BCUT2D eigenvalue weighted by atomic mass is 9.71. The lowest BCUT2D eigenvalue weighted by molar-refractivity contribution is -0.144. The van der Waals surface area contributed by atoms with Crippen molar-refractivity contribution in [2.24, 2.45) is 23.3 Å². The highest BCUT2D eigenvalue weighted by atomic mass is 16.2. The van der Waals surface area contributed by atoms with Crippen LogP contribution in [0.4, 0.5) is 0 Å². The summed E-state index contributed by atoms with van der Waals surface area (Å²) in [4.78, 5) is 65.1. The molecule has 1 aliphatic carbocycles. The van der Waals surface area contributed by atoms with Crippen molar-refractivity contribution >= 4 is 23.6 Å². The normalized spacial score (nSPS) is 28.3. The molecule has 0 bridgehead atoms. The van der Waals surface area contributed by atoms with Crippen molar-refractivity contribution in [3.8, 4) is 11.1 Å². The zero-order valence-electron chi connectivity index (χ0n) is 38.3. The van der Waals surface area contributed by atoms with Gasteiger partial charge < -0.3 is 19.6 Å². The number of rotatable bonds is 10. The van der Waals surface area contributed by atoms with Gasteiger partial charge in [0.2, 0.25) is 17.7 Å². The molecule has 5 aliphatic rings. The molecule has 4 saturated heterocycles. The molecule has 12 nitrogen and oxygen atoms in total. The molecule has 4 unspecified atom stereocenters. The van der Waals surface area contributed by atoms with E-state index in [-0.39, 0.29) is 35.5 Å². The van der Waals surface area contributed by atoms with E-state index in [1.54, 1.807) is 14.1 Å². The Labute approximate surface area is 384 Å². The van der Waals surface area contributed by atoms with Crippen molar-refractivity contribution in [2.45, 2.75) is 106 Å². The summed E-state index contributed by atoms with van der Waals surface area (Å²) in [5, 5.41) is 7.55. The van der Waals surface area contributed by atoms with E-state index < -0.39 is 22.7 Å². The number of carbonyl (C=O) groups is 4. The lowest BCUT2D eigenvalue weighted by Gasteiger charge is -2.49. The van der Waals surface area contributed by atoms with Gasteiger partial charge in [-0.15, -0.1) is 0 Å². The number of nitrogens with zero attached hydrogens (tertiary/aromatic N) is 4. The Kier molecular flexibility index (Phi) is 12.2. The van der Waals surface area contributed by atoms with Crippen LogP contribution in [0.2, 0.25) is 0 Å². The molecule has 4 amide bonds. The molecule has 5 fully saturated rings. The third-order valence-electron chi connectivity index (χ3n) is 15.9. The highest BCUT2D eigenvalue weighted by molar-refractivity contribution is 5.95. The Balaban J connectivity index is 1.12. The fourth-order valence-electron chi connectivity index (χ4n) is 12.1. The first-order valence-corrected chi connectivity index (χ1v) is 24.0. The number of amides is 4. The van der Waals surface area contributed by atoms with Gasteiger partial charge in [-0.1, -0.05) is 117 Å². The van der Waals surface area contributed by atoms with Crippen LogP contribution in [0.5, 0.6) is 0 Å². The van der Waals surface area contributed by atoms with Gasteiger partial charge in [-0.25, -0.2) is 0 Å². The Morgan fingerprint density at radius 1 is 0.600 bits per heavy atom. The predicted octanol–water partition coefficient (Wildman–Crippen LogP) is 6.43. The summed E-state index contributed by atoms with van der Waals surface area (Å²) in [5.41, 5.74) is 18.2. The van der Waals surface area contributed by atoms with Crippen LogP contribution in [0, 0.1) is 11.8 Å². The maximum Gasteiger partial charge on any atom is 0.253 e. The third-order valence-corrected chi connectivity index (χ3v) is 15.9. The van der Waals surface area contributed by atoms with Crippen LogP contribution < -0.4 is 22.1 Å². The number of piperidine rings is 2. The molecule has 0 aromatic heterocycles. The molecule has 9 rings (SSSR count). The highest BCUT2D eigenvalue weighted by Gasteiger charge is 2.73. The van der Waals surface area contributed by atoms with E-state index >= 15 is 9.59 Å². The molecule has 6 N–H and O–H groups in total. The Morgan fingerprint density at radius 2 is 1.09 bits per heavy atom. The van der Waals surface area contributed by atoms with Gasteiger partial charge in [-0.2, -0.15) is 0 Å². The minimum absolute atomic E-state index is 0.0298. The molecule has 0 radical (unpaired) electrons. The Morgan fingerprint density at radius 3 is 1.65 bits per heavy atom. The van der Waals surface area contributed by atoms with Gasteiger partial charge in [0.1, 0.15) is 11.1 Å². The Hall–Kier alpha value is -5.40. The zero-order valence-corrected chi connectivity index (χ0v) is 38.3. The quantitative estimate of drug-likeness (QED) is 0.142. The monoisotopic (exact) mass is 879 g/mol. The van der Waals surface area contributed by atoms with E-state index in [1.165, 1.54) is 34.6 Å². The van der Waals surface area contributed by atoms with Gasteiger partial charge >= 0.3 is 0 Å². The summed E-state index contributed by atoms with van der Waals surface area (Å²) in [7, 11) is 3.38. The van der Waals surface area contributed by atoms with Gasteiger partial charge in [-0.3, -0.25) is 41.3 Å². The van der Waals surface area contributed by atoms with Crippen LogP contribution in [0.25, 0.3) is 11.1 Å². The SMILES string of the molecule is CCCC(=O)N1CCC(C2(c3cccc(-c4ccccc4)c3)NC(N)(C3(N)NC(c4cccc(C5CCCCC5)c4)(C4CCN(C(=O)c5ccccc5)CC4)C(=O)N3C)N(C)C2=O)CC1. The van der Waals surface area contributed by atoms with Crippen LogP contribution in [0.3, 0.4) is 0 Å². The number of hydrogen-bond acceptors (Lipinski definition) is 8. The van der Waals surface area contributed by atoms with Gasteiger partial charge in [0.25, 0.3) is 5.91 Å². The van der Waals surface area contributed by atoms with E-state index in [1.807, 2.05) is 89.5 Å². The molecule has 0 spiro atoms.